The van der Waals surface area contributed by atoms with E-state index >= 15 is 0 Å². The molecule has 0 aromatic heterocycles. The Balaban J connectivity index is 3.45. The smallest absolute Gasteiger partial charge is 0.0984 e. The van der Waals surface area contributed by atoms with Crippen molar-refractivity contribution in [2.75, 3.05) is 10.6 Å². The van der Waals surface area contributed by atoms with Gasteiger partial charge in [-0.15, -0.1) is 11.6 Å². The Morgan fingerprint density at radius 2 is 2.00 bits per heavy atom. The summed E-state index contributed by atoms with van der Waals surface area (Å²) in [5.41, 5.74) is 11.0. The Morgan fingerprint density at radius 1 is 1.31 bits per heavy atom. The molecular weight excluding hydrogens is 382 g/mol. The van der Waals surface area contributed by atoms with Crippen molar-refractivity contribution in [2.24, 2.45) is 5.73 Å². The highest BCUT2D eigenvalue weighted by atomic mass is 35.5. The highest BCUT2D eigenvalue weighted by Gasteiger charge is 2.14. The van der Waals surface area contributed by atoms with Crippen molar-refractivity contribution >= 4 is 28.7 Å². The number of hydrogen-bond donors (Lipinski definition) is 4. The number of halogens is 1. The number of nitrogens with two attached hydrogens (primary N) is 1. The molecule has 1 aromatic carbocycles. The summed E-state index contributed by atoms with van der Waals surface area (Å²) >= 11 is 6.18. The van der Waals surface area contributed by atoms with Gasteiger partial charge >= 0.3 is 0 Å². The van der Waals surface area contributed by atoms with Gasteiger partial charge in [0.15, 0.2) is 0 Å². The van der Waals surface area contributed by atoms with Gasteiger partial charge in [0.05, 0.1) is 28.8 Å². The van der Waals surface area contributed by atoms with Gasteiger partial charge < -0.3 is 21.7 Å². The van der Waals surface area contributed by atoms with E-state index in [0.29, 0.717) is 17.0 Å². The molecule has 0 aliphatic carbocycles. The van der Waals surface area contributed by atoms with E-state index in [4.69, 9.17) is 17.3 Å². The van der Waals surface area contributed by atoms with Crippen LogP contribution in [-0.4, -0.2) is 11.4 Å². The first-order valence-electron chi connectivity index (χ1n) is 9.36. The van der Waals surface area contributed by atoms with Crippen LogP contribution in [-0.2, 0) is 0 Å². The summed E-state index contributed by atoms with van der Waals surface area (Å²) in [7, 11) is 0. The van der Waals surface area contributed by atoms with Gasteiger partial charge in [-0.2, -0.15) is 5.26 Å². The molecule has 1 rings (SSSR count). The van der Waals surface area contributed by atoms with Crippen LogP contribution in [0.25, 0.3) is 5.70 Å². The molecule has 5 N–H and O–H groups in total. The molecule has 0 aliphatic heterocycles. The van der Waals surface area contributed by atoms with E-state index in [1.807, 2.05) is 57.2 Å². The minimum Gasteiger partial charge on any atom is -0.401 e. The van der Waals surface area contributed by atoms with Crippen LogP contribution in [0, 0.1) is 11.3 Å². The van der Waals surface area contributed by atoms with Gasteiger partial charge in [0, 0.05) is 28.3 Å². The van der Waals surface area contributed by atoms with Crippen molar-refractivity contribution in [1.82, 2.24) is 5.32 Å². The van der Waals surface area contributed by atoms with Crippen LogP contribution < -0.4 is 21.7 Å². The van der Waals surface area contributed by atoms with E-state index < -0.39 is 5.38 Å². The summed E-state index contributed by atoms with van der Waals surface area (Å²) in [5, 5.41) is 18.9. The molecule has 0 spiro atoms. The number of nitrogens with zero attached hydrogens (tertiary/aromatic N) is 1. The lowest BCUT2D eigenvalue weighted by atomic mass is 10.1. The normalized spacial score (nSPS) is 14.4. The van der Waals surface area contributed by atoms with Crippen LogP contribution in [0.4, 0.5) is 11.4 Å². The lowest BCUT2D eigenvalue weighted by molar-refractivity contribution is 0.736. The highest BCUT2D eigenvalue weighted by molar-refractivity contribution is 6.22. The third-order valence-electron chi connectivity index (χ3n) is 4.20. The minimum absolute atomic E-state index is 0.102. The first-order valence-corrected chi connectivity index (χ1v) is 9.79. The summed E-state index contributed by atoms with van der Waals surface area (Å²) in [6.07, 6.45) is 7.29. The summed E-state index contributed by atoms with van der Waals surface area (Å²) in [5.74, 6) is 0. The van der Waals surface area contributed by atoms with Crippen molar-refractivity contribution in [2.45, 2.75) is 39.1 Å². The number of nitriles is 1. The molecule has 0 saturated heterocycles. The average molecular weight is 412 g/mol. The predicted molar refractivity (Wildman–Crippen MR) is 126 cm³/mol. The van der Waals surface area contributed by atoms with Crippen molar-refractivity contribution in [3.05, 3.63) is 78.3 Å². The number of rotatable bonds is 10. The van der Waals surface area contributed by atoms with Crippen molar-refractivity contribution in [1.29, 1.82) is 5.26 Å². The summed E-state index contributed by atoms with van der Waals surface area (Å²) in [4.78, 5) is 0. The maximum atomic E-state index is 9.49. The standard InChI is InChI=1S/C23H30ClN5/c1-7-10-23(20(14-25)15(4)24)29-18-11-12-22(27-9-3)19(13-18)21(8-2)28-17(6)16(5)26/h7-13,15,17,27-29H,3,5,26H2,1-2,4,6H3/b10-7-,21-8+,23-20+. The fourth-order valence-corrected chi connectivity index (χ4v) is 2.77. The lowest BCUT2D eigenvalue weighted by Gasteiger charge is -2.21. The average Bonchev–Trinajstić information content (AvgIpc) is 2.67. The van der Waals surface area contributed by atoms with Crippen LogP contribution in [0.15, 0.2) is 72.8 Å². The summed E-state index contributed by atoms with van der Waals surface area (Å²) < 4.78 is 0. The molecule has 0 saturated carbocycles. The van der Waals surface area contributed by atoms with Crippen molar-refractivity contribution in [3.8, 4) is 6.07 Å². The SMILES string of the molecule is C=CNc1ccc(NC(/C=C\C)=C(\C#N)C(C)Cl)cc1/C(=C\C)NC(C)C(=C)N. The molecule has 0 aliphatic rings. The number of allylic oxidation sites excluding steroid dienone is 4. The van der Waals surface area contributed by atoms with Crippen LogP contribution in [0.2, 0.25) is 0 Å². The van der Waals surface area contributed by atoms with Gasteiger partial charge in [-0.1, -0.05) is 25.3 Å². The second-order valence-electron chi connectivity index (χ2n) is 6.43. The zero-order valence-electron chi connectivity index (χ0n) is 17.5. The molecule has 0 amide bonds. The fraction of sp³-hybridized carbons (Fsp3) is 0.261. The Hall–Kier alpha value is -3.10. The molecule has 0 heterocycles. The minimum atomic E-state index is -0.413. The quantitative estimate of drug-likeness (QED) is 0.234. The molecule has 2 unspecified atom stereocenters. The third kappa shape index (κ3) is 6.78. The van der Waals surface area contributed by atoms with Gasteiger partial charge in [-0.3, -0.25) is 0 Å². The molecule has 0 fully saturated rings. The zero-order valence-corrected chi connectivity index (χ0v) is 18.3. The topological polar surface area (TPSA) is 85.9 Å². The number of benzene rings is 1. The molecular formula is C23H30ClN5. The van der Waals surface area contributed by atoms with Crippen LogP contribution in [0.1, 0.15) is 33.3 Å². The first-order chi connectivity index (χ1) is 13.8. The third-order valence-corrected chi connectivity index (χ3v) is 4.42. The Bertz CT molecular complexity index is 872. The molecule has 1 aromatic rings. The van der Waals surface area contributed by atoms with E-state index in [-0.39, 0.29) is 6.04 Å². The maximum absolute atomic E-state index is 9.49. The Morgan fingerprint density at radius 3 is 2.48 bits per heavy atom. The highest BCUT2D eigenvalue weighted by Crippen LogP contribution is 2.28. The maximum Gasteiger partial charge on any atom is 0.0984 e. The monoisotopic (exact) mass is 411 g/mol. The van der Waals surface area contributed by atoms with Gasteiger partial charge in [0.2, 0.25) is 0 Å². The van der Waals surface area contributed by atoms with Gasteiger partial charge in [-0.25, -0.2) is 0 Å². The molecule has 154 valence electrons. The van der Waals surface area contributed by atoms with Crippen LogP contribution in [0.5, 0.6) is 0 Å². The predicted octanol–water partition coefficient (Wildman–Crippen LogP) is 5.45. The molecule has 2 atom stereocenters. The van der Waals surface area contributed by atoms with Gasteiger partial charge in [-0.05, 0) is 58.2 Å². The largest absolute Gasteiger partial charge is 0.401 e. The van der Waals surface area contributed by atoms with Crippen LogP contribution >= 0.6 is 11.6 Å². The second kappa shape index (κ2) is 11.7. The molecule has 29 heavy (non-hydrogen) atoms. The molecule has 5 nitrogen and oxygen atoms in total. The van der Waals surface area contributed by atoms with Crippen LogP contribution in [0.3, 0.4) is 0 Å². The summed E-state index contributed by atoms with van der Waals surface area (Å²) in [6.45, 7) is 15.1. The van der Waals surface area contributed by atoms with Gasteiger partial charge in [0.25, 0.3) is 0 Å². The zero-order chi connectivity index (χ0) is 22.0. The lowest BCUT2D eigenvalue weighted by Crippen LogP contribution is -2.29. The Labute approximate surface area is 179 Å². The van der Waals surface area contributed by atoms with Crippen molar-refractivity contribution < 1.29 is 0 Å². The van der Waals surface area contributed by atoms with E-state index in [0.717, 1.165) is 22.6 Å². The number of nitrogens with one attached hydrogen (secondary N) is 3. The van der Waals surface area contributed by atoms with E-state index in [2.05, 4.69) is 35.2 Å². The van der Waals surface area contributed by atoms with Gasteiger partial charge in [0.1, 0.15) is 0 Å². The van der Waals surface area contributed by atoms with E-state index in [1.165, 1.54) is 0 Å². The Kier molecular flexibility index (Phi) is 9.64. The first kappa shape index (κ1) is 23.9. The second-order valence-corrected chi connectivity index (χ2v) is 7.09. The molecule has 0 bridgehead atoms. The summed E-state index contributed by atoms with van der Waals surface area (Å²) in [6, 6.07) is 7.93. The molecule has 0 radical (unpaired) electrons. The van der Waals surface area contributed by atoms with E-state index in [9.17, 15) is 5.26 Å². The number of anilines is 2. The number of alkyl halides is 1. The van der Waals surface area contributed by atoms with Crippen molar-refractivity contribution in [3.63, 3.8) is 0 Å². The van der Waals surface area contributed by atoms with E-state index in [1.54, 1.807) is 13.1 Å². The molecule has 6 heteroatoms. The number of hydrogen-bond acceptors (Lipinski definition) is 5. The fourth-order valence-electron chi connectivity index (χ4n) is 2.61.